The average Bonchev–Trinajstić information content (AvgIpc) is 3.61. The van der Waals surface area contributed by atoms with Gasteiger partial charge in [-0.1, -0.05) is 115 Å². The van der Waals surface area contributed by atoms with Gasteiger partial charge in [0, 0.05) is 31.3 Å². The predicted octanol–water partition coefficient (Wildman–Crippen LogP) is 13.6. The summed E-state index contributed by atoms with van der Waals surface area (Å²) in [6.07, 6.45) is 10.3. The first-order valence-corrected chi connectivity index (χ1v) is 32.4. The first kappa shape index (κ1) is 53.7. The Labute approximate surface area is 382 Å². The molecule has 0 aromatic carbocycles. The third-order valence-electron chi connectivity index (χ3n) is 15.9. The molecule has 0 bridgehead atoms. The van der Waals surface area contributed by atoms with Gasteiger partial charge in [0.15, 0.2) is 16.6 Å². The summed E-state index contributed by atoms with van der Waals surface area (Å²) in [6, 6.07) is 0. The van der Waals surface area contributed by atoms with E-state index in [0.29, 0.717) is 35.5 Å². The summed E-state index contributed by atoms with van der Waals surface area (Å²) >= 11 is 0. The van der Waals surface area contributed by atoms with E-state index in [-0.39, 0.29) is 70.7 Å². The lowest BCUT2D eigenvalue weighted by Crippen LogP contribution is -2.55. The van der Waals surface area contributed by atoms with Crippen LogP contribution in [0.3, 0.4) is 0 Å². The summed E-state index contributed by atoms with van der Waals surface area (Å²) in [5.74, 6) is 0.486. The molecule has 0 spiro atoms. The summed E-state index contributed by atoms with van der Waals surface area (Å²) in [5.41, 5.74) is 3.49. The van der Waals surface area contributed by atoms with E-state index in [4.69, 9.17) is 36.9 Å². The third kappa shape index (κ3) is 13.1. The Kier molecular flexibility index (Phi) is 18.5. The maximum Gasteiger partial charge on any atom is 0.218 e. The van der Waals surface area contributed by atoms with Crippen molar-refractivity contribution in [2.75, 3.05) is 6.61 Å². The zero-order valence-electron chi connectivity index (χ0n) is 42.9. The van der Waals surface area contributed by atoms with Gasteiger partial charge >= 0.3 is 0 Å². The third-order valence-corrected chi connectivity index (χ3v) is 31.1. The Bertz CT molecular complexity index is 1570. The lowest BCUT2D eigenvalue weighted by Gasteiger charge is -2.47. The van der Waals surface area contributed by atoms with Crippen LogP contribution in [0.1, 0.15) is 166 Å². The summed E-state index contributed by atoms with van der Waals surface area (Å²) in [6.45, 7) is 48.4. The molecular formula is C50H93NO8Si3. The van der Waals surface area contributed by atoms with Crippen LogP contribution in [-0.4, -0.2) is 90.5 Å². The zero-order chi connectivity index (χ0) is 46.7. The standard InChI is InChI=1S/C50H93NO8Si3/c1-32(2)62(33(3)4,34(5)6)59-42-29-41(28-40-27-35(7)26-39(55-40)24-25-54-60(17,18)49(11,12)13)56-45(30-42)43-31-53-46(51-43)23-21-22-44-36(8)47(52)37(9)48(57-44)38(10)58-61(19,20)50(14,15)16/h21,23,31-34,36-42,44-45,47-48,52H,7,22,24-30H2,1-6,8-20H3/b23-21+/t36-,37+,38+,39-,40+,41+,42+,44+,45+,47-,48+/m0/s1. The smallest absolute Gasteiger partial charge is 0.218 e. The molecule has 3 saturated heterocycles. The van der Waals surface area contributed by atoms with Crippen LogP contribution in [-0.2, 0) is 27.5 Å². The molecule has 62 heavy (non-hydrogen) atoms. The van der Waals surface area contributed by atoms with E-state index in [0.717, 1.165) is 44.2 Å². The van der Waals surface area contributed by atoms with Crippen LogP contribution >= 0.6 is 0 Å². The van der Waals surface area contributed by atoms with Gasteiger partial charge in [0.05, 0.1) is 48.8 Å². The summed E-state index contributed by atoms with van der Waals surface area (Å²) < 4.78 is 47.5. The molecule has 0 unspecified atom stereocenters. The molecule has 4 rings (SSSR count). The van der Waals surface area contributed by atoms with Crippen molar-refractivity contribution in [2.45, 2.75) is 257 Å². The van der Waals surface area contributed by atoms with Crippen LogP contribution in [0.2, 0.25) is 52.9 Å². The molecular weight excluding hydrogens is 827 g/mol. The zero-order valence-corrected chi connectivity index (χ0v) is 45.9. The number of aliphatic hydroxyl groups is 1. The number of hydrogen-bond acceptors (Lipinski definition) is 9. The van der Waals surface area contributed by atoms with Gasteiger partial charge < -0.3 is 37.0 Å². The Morgan fingerprint density at radius 2 is 1.42 bits per heavy atom. The molecule has 1 aromatic rings. The van der Waals surface area contributed by atoms with E-state index in [2.05, 4.69) is 143 Å². The minimum atomic E-state index is -2.17. The number of nitrogens with zero attached hydrogens (tertiary/aromatic N) is 1. The minimum Gasteiger partial charge on any atom is -0.445 e. The average molecular weight is 921 g/mol. The molecule has 12 heteroatoms. The Hall–Kier alpha value is -0.939. The molecule has 0 saturated carbocycles. The summed E-state index contributed by atoms with van der Waals surface area (Å²) in [5, 5.41) is 11.6. The molecule has 4 heterocycles. The largest absolute Gasteiger partial charge is 0.445 e. The highest BCUT2D eigenvalue weighted by atomic mass is 28.4. The molecule has 3 fully saturated rings. The molecule has 1 aromatic heterocycles. The van der Waals surface area contributed by atoms with Gasteiger partial charge in [0.2, 0.25) is 14.2 Å². The number of rotatable bonds is 18. The van der Waals surface area contributed by atoms with E-state index < -0.39 is 31.1 Å². The maximum atomic E-state index is 11.4. The highest BCUT2D eigenvalue weighted by Crippen LogP contribution is 2.47. The first-order valence-electron chi connectivity index (χ1n) is 24.4. The van der Waals surface area contributed by atoms with Gasteiger partial charge in [-0.2, -0.15) is 0 Å². The highest BCUT2D eigenvalue weighted by Gasteiger charge is 2.49. The lowest BCUT2D eigenvalue weighted by atomic mass is 9.80. The molecule has 1 N–H and O–H groups in total. The summed E-state index contributed by atoms with van der Waals surface area (Å²) in [4.78, 5) is 5.00. The number of hydrogen-bond donors (Lipinski definition) is 1. The minimum absolute atomic E-state index is 0.0232. The molecule has 3 aliphatic heterocycles. The second-order valence-electron chi connectivity index (χ2n) is 23.6. The molecule has 0 radical (unpaired) electrons. The predicted molar refractivity (Wildman–Crippen MR) is 263 cm³/mol. The van der Waals surface area contributed by atoms with Crippen LogP contribution in [0, 0.1) is 11.8 Å². The number of ether oxygens (including phenoxy) is 3. The molecule has 0 amide bonds. The summed E-state index contributed by atoms with van der Waals surface area (Å²) in [7, 11) is -6.03. The molecule has 3 aliphatic rings. The van der Waals surface area contributed by atoms with Gasteiger partial charge in [0.25, 0.3) is 0 Å². The van der Waals surface area contributed by atoms with E-state index >= 15 is 0 Å². The normalized spacial score (nSPS) is 30.6. The number of aromatic nitrogens is 1. The van der Waals surface area contributed by atoms with Crippen molar-refractivity contribution in [2.24, 2.45) is 11.8 Å². The number of aliphatic hydroxyl groups excluding tert-OH is 1. The van der Waals surface area contributed by atoms with Crippen molar-refractivity contribution < 1.29 is 37.0 Å². The molecule has 9 nitrogen and oxygen atoms in total. The van der Waals surface area contributed by atoms with Crippen LogP contribution in [0.5, 0.6) is 0 Å². The Morgan fingerprint density at radius 1 is 0.823 bits per heavy atom. The van der Waals surface area contributed by atoms with Gasteiger partial charge in [-0.3, -0.25) is 0 Å². The number of oxazole rings is 1. The van der Waals surface area contributed by atoms with Gasteiger partial charge in [-0.25, -0.2) is 4.98 Å². The first-order chi connectivity index (χ1) is 28.5. The molecule has 358 valence electrons. The van der Waals surface area contributed by atoms with E-state index in [1.54, 1.807) is 6.26 Å². The van der Waals surface area contributed by atoms with Crippen molar-refractivity contribution in [3.05, 3.63) is 36.1 Å². The van der Waals surface area contributed by atoms with Gasteiger partial charge in [0.1, 0.15) is 18.1 Å². The quantitative estimate of drug-likeness (QED) is 0.114. The Morgan fingerprint density at radius 3 is 2.00 bits per heavy atom. The van der Waals surface area contributed by atoms with Crippen molar-refractivity contribution in [1.29, 1.82) is 0 Å². The maximum absolute atomic E-state index is 11.4. The lowest BCUT2D eigenvalue weighted by molar-refractivity contribution is -0.187. The van der Waals surface area contributed by atoms with E-state index in [1.165, 1.54) is 5.57 Å². The van der Waals surface area contributed by atoms with Crippen molar-refractivity contribution in [1.82, 2.24) is 4.98 Å². The molecule has 0 aliphatic carbocycles. The van der Waals surface area contributed by atoms with E-state index in [1.807, 2.05) is 6.08 Å². The SMILES string of the molecule is C=C1C[C@H](C[C@@H]2C[C@@H](O[Si](C(C)C)(C(C)C)C(C)C)C[C@H](c3coc(/C=C/C[C@H]4O[C@@H]([C@@H](C)O[Si](C)(C)C(C)(C)C)[C@H](C)[C@@H](O)[C@H]4C)n3)O2)O[C@@H](CCO[Si](C)(C)C(C)(C)C)C1. The van der Waals surface area contributed by atoms with Crippen LogP contribution < -0.4 is 0 Å². The van der Waals surface area contributed by atoms with Crippen LogP contribution in [0.15, 0.2) is 28.9 Å². The van der Waals surface area contributed by atoms with Crippen LogP contribution in [0.25, 0.3) is 6.08 Å². The van der Waals surface area contributed by atoms with Crippen molar-refractivity contribution >= 4 is 31.0 Å². The second kappa shape index (κ2) is 21.3. The van der Waals surface area contributed by atoms with Gasteiger partial charge in [-0.05, 0) is 98.0 Å². The van der Waals surface area contributed by atoms with Crippen molar-refractivity contribution in [3.8, 4) is 0 Å². The second-order valence-corrected chi connectivity index (χ2v) is 38.6. The topological polar surface area (TPSA) is 102 Å². The van der Waals surface area contributed by atoms with E-state index in [9.17, 15) is 5.11 Å². The monoisotopic (exact) mass is 920 g/mol. The fourth-order valence-corrected chi connectivity index (χ4v) is 18.2. The fourth-order valence-electron chi connectivity index (χ4n) is 10.2. The Balaban J connectivity index is 1.49. The molecule has 11 atom stereocenters. The highest BCUT2D eigenvalue weighted by molar-refractivity contribution is 6.77. The van der Waals surface area contributed by atoms with Crippen molar-refractivity contribution in [3.63, 3.8) is 0 Å². The van der Waals surface area contributed by atoms with Gasteiger partial charge in [-0.15, -0.1) is 0 Å². The van der Waals surface area contributed by atoms with Crippen LogP contribution in [0.4, 0.5) is 0 Å². The fraction of sp³-hybridized carbons (Fsp3) is 0.860.